The third kappa shape index (κ3) is 3.11. The van der Waals surface area contributed by atoms with E-state index in [1.165, 1.54) is 6.07 Å². The molecule has 18 heavy (non-hydrogen) atoms. The monoisotopic (exact) mass is 271 g/mol. The van der Waals surface area contributed by atoms with Gasteiger partial charge in [-0.1, -0.05) is 6.07 Å². The molecule has 1 aromatic carbocycles. The summed E-state index contributed by atoms with van der Waals surface area (Å²) in [4.78, 5) is 10.5. The minimum Gasteiger partial charge on any atom is -0.481 e. The van der Waals surface area contributed by atoms with Crippen molar-refractivity contribution in [3.05, 3.63) is 33.9 Å². The van der Waals surface area contributed by atoms with Gasteiger partial charge in [-0.05, 0) is 24.5 Å². The Morgan fingerprint density at radius 3 is 3.00 bits per heavy atom. The van der Waals surface area contributed by atoms with Crippen molar-refractivity contribution >= 4 is 17.3 Å². The first-order chi connectivity index (χ1) is 8.70. The molecule has 1 atom stereocenters. The number of rotatable bonds is 4. The van der Waals surface area contributed by atoms with E-state index in [-0.39, 0.29) is 23.4 Å². The highest BCUT2D eigenvalue weighted by molar-refractivity contribution is 6.17. The highest BCUT2D eigenvalue weighted by Gasteiger charge is 2.21. The van der Waals surface area contributed by atoms with Gasteiger partial charge in [-0.3, -0.25) is 10.1 Å². The van der Waals surface area contributed by atoms with E-state index in [0.717, 1.165) is 19.4 Å². The predicted molar refractivity (Wildman–Crippen MR) is 67.1 cm³/mol. The van der Waals surface area contributed by atoms with Crippen LogP contribution in [0.3, 0.4) is 0 Å². The van der Waals surface area contributed by atoms with Crippen LogP contribution < -0.4 is 4.74 Å². The molecule has 0 bridgehead atoms. The SMILES string of the molecule is O=[N+]([O-])c1cc(CCl)ccc1OC1CCCOC1. The summed E-state index contributed by atoms with van der Waals surface area (Å²) in [6, 6.07) is 4.79. The normalized spacial score (nSPS) is 19.5. The summed E-state index contributed by atoms with van der Waals surface area (Å²) < 4.78 is 10.9. The average Bonchev–Trinajstić information content (AvgIpc) is 2.40. The number of nitrogens with zero attached hydrogens (tertiary/aromatic N) is 1. The molecule has 0 aliphatic carbocycles. The minimum absolute atomic E-state index is 0.0428. The lowest BCUT2D eigenvalue weighted by Crippen LogP contribution is -2.28. The summed E-state index contributed by atoms with van der Waals surface area (Å²) in [5, 5.41) is 11.0. The minimum atomic E-state index is -0.449. The number of halogens is 1. The molecular weight excluding hydrogens is 258 g/mol. The number of hydrogen-bond acceptors (Lipinski definition) is 4. The van der Waals surface area contributed by atoms with Crippen LogP contribution in [0.2, 0.25) is 0 Å². The summed E-state index contributed by atoms with van der Waals surface area (Å²) in [6.45, 7) is 1.21. The zero-order valence-electron chi connectivity index (χ0n) is 9.80. The summed E-state index contributed by atoms with van der Waals surface area (Å²) in [6.07, 6.45) is 1.66. The van der Waals surface area contributed by atoms with Gasteiger partial charge in [0.25, 0.3) is 0 Å². The maximum absolute atomic E-state index is 11.0. The van der Waals surface area contributed by atoms with E-state index in [1.54, 1.807) is 12.1 Å². The second-order valence-corrected chi connectivity index (χ2v) is 4.42. The smallest absolute Gasteiger partial charge is 0.311 e. The van der Waals surface area contributed by atoms with Crippen molar-refractivity contribution in [3.8, 4) is 5.75 Å². The molecule has 1 aliphatic heterocycles. The Morgan fingerprint density at radius 1 is 1.56 bits per heavy atom. The van der Waals surface area contributed by atoms with Gasteiger partial charge in [0, 0.05) is 18.6 Å². The van der Waals surface area contributed by atoms with Crippen molar-refractivity contribution in [2.75, 3.05) is 13.2 Å². The van der Waals surface area contributed by atoms with Gasteiger partial charge in [-0.2, -0.15) is 0 Å². The molecule has 1 aromatic rings. The lowest BCUT2D eigenvalue weighted by atomic mass is 10.1. The van der Waals surface area contributed by atoms with Gasteiger partial charge in [-0.25, -0.2) is 0 Å². The van der Waals surface area contributed by atoms with E-state index in [4.69, 9.17) is 21.1 Å². The van der Waals surface area contributed by atoms with Crippen LogP contribution in [0.5, 0.6) is 5.75 Å². The van der Waals surface area contributed by atoms with Crippen molar-refractivity contribution in [2.24, 2.45) is 0 Å². The van der Waals surface area contributed by atoms with E-state index in [9.17, 15) is 10.1 Å². The predicted octanol–water partition coefficient (Wildman–Crippen LogP) is 2.89. The molecule has 1 heterocycles. The zero-order chi connectivity index (χ0) is 13.0. The third-order valence-corrected chi connectivity index (χ3v) is 3.10. The maximum atomic E-state index is 11.0. The first-order valence-electron chi connectivity index (χ1n) is 5.78. The Balaban J connectivity index is 2.17. The van der Waals surface area contributed by atoms with Gasteiger partial charge in [-0.15, -0.1) is 11.6 Å². The molecular formula is C12H14ClNO4. The molecule has 98 valence electrons. The highest BCUT2D eigenvalue weighted by Crippen LogP contribution is 2.30. The molecule has 0 spiro atoms. The fourth-order valence-corrected chi connectivity index (χ4v) is 2.04. The van der Waals surface area contributed by atoms with Gasteiger partial charge in [0.15, 0.2) is 5.75 Å². The van der Waals surface area contributed by atoms with Crippen molar-refractivity contribution in [1.29, 1.82) is 0 Å². The van der Waals surface area contributed by atoms with Crippen LogP contribution in [0.4, 0.5) is 5.69 Å². The van der Waals surface area contributed by atoms with Gasteiger partial charge in [0.1, 0.15) is 6.10 Å². The third-order valence-electron chi connectivity index (χ3n) is 2.79. The molecule has 1 aliphatic rings. The first kappa shape index (κ1) is 13.1. The molecule has 0 radical (unpaired) electrons. The molecule has 0 saturated carbocycles. The van der Waals surface area contributed by atoms with Gasteiger partial charge in [0.05, 0.1) is 11.5 Å². The van der Waals surface area contributed by atoms with Crippen LogP contribution in [0, 0.1) is 10.1 Å². The van der Waals surface area contributed by atoms with Crippen molar-refractivity contribution < 1.29 is 14.4 Å². The topological polar surface area (TPSA) is 61.6 Å². The number of nitro groups is 1. The molecule has 0 aromatic heterocycles. The second-order valence-electron chi connectivity index (χ2n) is 4.15. The van der Waals surface area contributed by atoms with Crippen molar-refractivity contribution in [1.82, 2.24) is 0 Å². The fraction of sp³-hybridized carbons (Fsp3) is 0.500. The standard InChI is InChI=1S/C12H14ClNO4/c13-7-9-3-4-12(11(6-9)14(15)16)18-10-2-1-5-17-8-10/h3-4,6,10H,1-2,5,7-8H2. The summed E-state index contributed by atoms with van der Waals surface area (Å²) >= 11 is 5.66. The average molecular weight is 272 g/mol. The highest BCUT2D eigenvalue weighted by atomic mass is 35.5. The number of nitro benzene ring substituents is 1. The lowest BCUT2D eigenvalue weighted by Gasteiger charge is -2.23. The van der Waals surface area contributed by atoms with Crippen LogP contribution in [-0.4, -0.2) is 24.2 Å². The molecule has 1 fully saturated rings. The number of hydrogen-bond donors (Lipinski definition) is 0. The first-order valence-corrected chi connectivity index (χ1v) is 6.32. The largest absolute Gasteiger partial charge is 0.481 e. The van der Waals surface area contributed by atoms with Crippen molar-refractivity contribution in [3.63, 3.8) is 0 Å². The molecule has 1 unspecified atom stereocenters. The fourth-order valence-electron chi connectivity index (χ4n) is 1.87. The lowest BCUT2D eigenvalue weighted by molar-refractivity contribution is -0.386. The van der Waals surface area contributed by atoms with Crippen LogP contribution >= 0.6 is 11.6 Å². The van der Waals surface area contributed by atoms with Crippen LogP contribution in [-0.2, 0) is 10.6 Å². The Kier molecular flexibility index (Phi) is 4.38. The Hall–Kier alpha value is -1.33. The Morgan fingerprint density at radius 2 is 2.39 bits per heavy atom. The van der Waals surface area contributed by atoms with E-state index in [1.807, 2.05) is 0 Å². The number of ether oxygens (including phenoxy) is 2. The summed E-state index contributed by atoms with van der Waals surface area (Å²) in [5.74, 6) is 0.526. The number of alkyl halides is 1. The van der Waals surface area contributed by atoms with Crippen LogP contribution in [0.15, 0.2) is 18.2 Å². The molecule has 2 rings (SSSR count). The van der Waals surface area contributed by atoms with E-state index in [0.29, 0.717) is 12.2 Å². The van der Waals surface area contributed by atoms with Gasteiger partial charge in [0.2, 0.25) is 0 Å². The summed E-state index contributed by atoms with van der Waals surface area (Å²) in [7, 11) is 0. The Bertz CT molecular complexity index is 432. The van der Waals surface area contributed by atoms with E-state index < -0.39 is 4.92 Å². The maximum Gasteiger partial charge on any atom is 0.311 e. The van der Waals surface area contributed by atoms with E-state index >= 15 is 0 Å². The quantitative estimate of drug-likeness (QED) is 0.480. The molecule has 1 saturated heterocycles. The van der Waals surface area contributed by atoms with Crippen LogP contribution in [0.1, 0.15) is 18.4 Å². The van der Waals surface area contributed by atoms with Crippen LogP contribution in [0.25, 0.3) is 0 Å². The van der Waals surface area contributed by atoms with E-state index in [2.05, 4.69) is 0 Å². The van der Waals surface area contributed by atoms with Gasteiger partial charge < -0.3 is 9.47 Å². The molecule has 0 amide bonds. The molecule has 5 nitrogen and oxygen atoms in total. The zero-order valence-corrected chi connectivity index (χ0v) is 10.6. The number of benzene rings is 1. The second kappa shape index (κ2) is 6.02. The van der Waals surface area contributed by atoms with Gasteiger partial charge >= 0.3 is 5.69 Å². The van der Waals surface area contributed by atoms with Crippen molar-refractivity contribution in [2.45, 2.75) is 24.8 Å². The Labute approximate surface area is 110 Å². The summed E-state index contributed by atoms with van der Waals surface area (Å²) in [5.41, 5.74) is 0.661. The molecule has 0 N–H and O–H groups in total. The molecule has 6 heteroatoms.